The fraction of sp³-hybridized carbons (Fsp3) is 0.562. The molecule has 4 nitrogen and oxygen atoms in total. The molecule has 0 radical (unpaired) electrons. The number of carbonyl (C=O) groups is 1. The van der Waals surface area contributed by atoms with Gasteiger partial charge in [-0.3, -0.25) is 4.79 Å². The first-order valence-electron chi connectivity index (χ1n) is 6.99. The van der Waals surface area contributed by atoms with E-state index in [1.54, 1.807) is 6.92 Å². The van der Waals surface area contributed by atoms with Crippen LogP contribution in [0.1, 0.15) is 40.2 Å². The number of hydrogen-bond acceptors (Lipinski definition) is 3. The third-order valence-electron chi connectivity index (χ3n) is 3.02. The van der Waals surface area contributed by atoms with Crippen LogP contribution < -0.4 is 15.8 Å². The highest BCUT2D eigenvalue weighted by molar-refractivity contribution is 5.85. The normalized spacial score (nSPS) is 13.8. The Kier molecular flexibility index (Phi) is 7.75. The SMILES string of the molecule is CC(COc1ccc(C(C)(C)C)cc1)NC(=O)[C@H](C)N.Cl. The lowest BCUT2D eigenvalue weighted by molar-refractivity contribution is -0.122. The number of nitrogens with one attached hydrogen (secondary N) is 1. The van der Waals surface area contributed by atoms with Crippen LogP contribution >= 0.6 is 12.4 Å². The molecule has 0 spiro atoms. The molecule has 0 saturated heterocycles. The molecule has 0 bridgehead atoms. The maximum Gasteiger partial charge on any atom is 0.236 e. The van der Waals surface area contributed by atoms with E-state index >= 15 is 0 Å². The summed E-state index contributed by atoms with van der Waals surface area (Å²) in [4.78, 5) is 11.4. The molecule has 21 heavy (non-hydrogen) atoms. The van der Waals surface area contributed by atoms with Crippen LogP contribution in [0.15, 0.2) is 24.3 Å². The van der Waals surface area contributed by atoms with Crippen molar-refractivity contribution in [2.24, 2.45) is 5.73 Å². The minimum atomic E-state index is -0.497. The largest absolute Gasteiger partial charge is 0.491 e. The maximum absolute atomic E-state index is 11.4. The third-order valence-corrected chi connectivity index (χ3v) is 3.02. The van der Waals surface area contributed by atoms with E-state index in [1.165, 1.54) is 5.56 Å². The summed E-state index contributed by atoms with van der Waals surface area (Å²) >= 11 is 0. The minimum absolute atomic E-state index is 0. The van der Waals surface area contributed by atoms with Crippen LogP contribution in [0.25, 0.3) is 0 Å². The van der Waals surface area contributed by atoms with Gasteiger partial charge in [-0.25, -0.2) is 0 Å². The lowest BCUT2D eigenvalue weighted by Gasteiger charge is -2.20. The highest BCUT2D eigenvalue weighted by Crippen LogP contribution is 2.24. The van der Waals surface area contributed by atoms with E-state index in [2.05, 4.69) is 38.2 Å². The Balaban J connectivity index is 0.00000400. The maximum atomic E-state index is 11.4. The number of nitrogens with two attached hydrogens (primary N) is 1. The Labute approximate surface area is 133 Å². The zero-order valence-corrected chi connectivity index (χ0v) is 14.3. The molecule has 2 atom stereocenters. The second-order valence-electron chi connectivity index (χ2n) is 6.28. The number of amides is 1. The summed E-state index contributed by atoms with van der Waals surface area (Å²) in [5.74, 6) is 0.643. The molecule has 1 unspecified atom stereocenters. The number of hydrogen-bond donors (Lipinski definition) is 2. The molecule has 0 heterocycles. The average Bonchev–Trinajstić information content (AvgIpc) is 2.35. The predicted octanol–water partition coefficient (Wildman–Crippen LogP) is 2.64. The van der Waals surface area contributed by atoms with Gasteiger partial charge in [-0.1, -0.05) is 32.9 Å². The molecule has 120 valence electrons. The highest BCUT2D eigenvalue weighted by atomic mass is 35.5. The Morgan fingerprint density at radius 3 is 2.19 bits per heavy atom. The summed E-state index contributed by atoms with van der Waals surface area (Å²) in [6.07, 6.45) is 0. The van der Waals surface area contributed by atoms with Crippen LogP contribution in [-0.2, 0) is 10.2 Å². The van der Waals surface area contributed by atoms with Gasteiger partial charge < -0.3 is 15.8 Å². The zero-order chi connectivity index (χ0) is 15.3. The second-order valence-corrected chi connectivity index (χ2v) is 6.28. The molecule has 1 rings (SSSR count). The van der Waals surface area contributed by atoms with Crippen molar-refractivity contribution >= 4 is 18.3 Å². The molecular weight excluding hydrogens is 288 g/mol. The summed E-state index contributed by atoms with van der Waals surface area (Å²) < 4.78 is 5.66. The van der Waals surface area contributed by atoms with Crippen LogP contribution in [0.5, 0.6) is 5.75 Å². The Bertz CT molecular complexity index is 439. The summed E-state index contributed by atoms with van der Waals surface area (Å²) in [7, 11) is 0. The number of ether oxygens (including phenoxy) is 1. The Hall–Kier alpha value is -1.26. The van der Waals surface area contributed by atoms with E-state index in [1.807, 2.05) is 19.1 Å². The number of halogens is 1. The van der Waals surface area contributed by atoms with Gasteiger partial charge in [-0.2, -0.15) is 0 Å². The minimum Gasteiger partial charge on any atom is -0.491 e. The summed E-state index contributed by atoms with van der Waals surface area (Å²) in [5, 5.41) is 2.80. The molecule has 5 heteroatoms. The van der Waals surface area contributed by atoms with Gasteiger partial charge in [0.1, 0.15) is 12.4 Å². The summed E-state index contributed by atoms with van der Waals surface area (Å²) in [5.41, 5.74) is 6.90. The van der Waals surface area contributed by atoms with Crippen molar-refractivity contribution in [1.29, 1.82) is 0 Å². The van der Waals surface area contributed by atoms with Gasteiger partial charge in [0.2, 0.25) is 5.91 Å². The Morgan fingerprint density at radius 1 is 1.24 bits per heavy atom. The first-order valence-corrected chi connectivity index (χ1v) is 6.99. The molecule has 0 saturated carbocycles. The molecule has 1 aromatic carbocycles. The van der Waals surface area contributed by atoms with Gasteiger partial charge in [0.05, 0.1) is 12.1 Å². The topological polar surface area (TPSA) is 64.3 Å². The third kappa shape index (κ3) is 6.82. The molecule has 0 aromatic heterocycles. The molecule has 0 aliphatic carbocycles. The number of carbonyl (C=O) groups excluding carboxylic acids is 1. The van der Waals surface area contributed by atoms with E-state index in [4.69, 9.17) is 10.5 Å². The van der Waals surface area contributed by atoms with Gasteiger partial charge in [0.15, 0.2) is 0 Å². The summed E-state index contributed by atoms with van der Waals surface area (Å²) in [6, 6.07) is 7.49. The lowest BCUT2D eigenvalue weighted by Crippen LogP contribution is -2.44. The van der Waals surface area contributed by atoms with Crippen molar-refractivity contribution < 1.29 is 9.53 Å². The van der Waals surface area contributed by atoms with E-state index in [9.17, 15) is 4.79 Å². The van der Waals surface area contributed by atoms with Crippen molar-refractivity contribution in [2.45, 2.75) is 52.1 Å². The van der Waals surface area contributed by atoms with Crippen LogP contribution in [0, 0.1) is 0 Å². The van der Waals surface area contributed by atoms with Gasteiger partial charge in [0, 0.05) is 0 Å². The molecule has 1 aromatic rings. The molecule has 3 N–H and O–H groups in total. The van der Waals surface area contributed by atoms with Gasteiger partial charge in [0.25, 0.3) is 0 Å². The van der Waals surface area contributed by atoms with Gasteiger partial charge >= 0.3 is 0 Å². The smallest absolute Gasteiger partial charge is 0.236 e. The quantitative estimate of drug-likeness (QED) is 0.878. The standard InChI is InChI=1S/C16H26N2O2.ClH/c1-11(18-15(19)12(2)17)10-20-14-8-6-13(7-9-14)16(3,4)5;/h6-9,11-12H,10,17H2,1-5H3,(H,18,19);1H/t11?,12-;/m0./s1. The van der Waals surface area contributed by atoms with Gasteiger partial charge in [-0.15, -0.1) is 12.4 Å². The molecule has 1 amide bonds. The van der Waals surface area contributed by atoms with Crippen molar-refractivity contribution in [1.82, 2.24) is 5.32 Å². The fourth-order valence-corrected chi connectivity index (χ4v) is 1.69. The average molecular weight is 315 g/mol. The van der Waals surface area contributed by atoms with E-state index in [0.717, 1.165) is 5.75 Å². The van der Waals surface area contributed by atoms with Crippen molar-refractivity contribution in [2.75, 3.05) is 6.61 Å². The molecule has 0 aliphatic rings. The predicted molar refractivity (Wildman–Crippen MR) is 89.1 cm³/mol. The van der Waals surface area contributed by atoms with Crippen molar-refractivity contribution in [3.05, 3.63) is 29.8 Å². The highest BCUT2D eigenvalue weighted by Gasteiger charge is 2.14. The fourth-order valence-electron chi connectivity index (χ4n) is 1.69. The lowest BCUT2D eigenvalue weighted by atomic mass is 9.87. The van der Waals surface area contributed by atoms with Crippen LogP contribution in [0.2, 0.25) is 0 Å². The van der Waals surface area contributed by atoms with Crippen LogP contribution in [0.4, 0.5) is 0 Å². The van der Waals surface area contributed by atoms with Gasteiger partial charge in [-0.05, 0) is 37.0 Å². The van der Waals surface area contributed by atoms with Crippen molar-refractivity contribution in [3.8, 4) is 5.75 Å². The molecular formula is C16H27ClN2O2. The summed E-state index contributed by atoms with van der Waals surface area (Å²) in [6.45, 7) is 10.5. The number of rotatable bonds is 5. The van der Waals surface area contributed by atoms with Crippen LogP contribution in [0.3, 0.4) is 0 Å². The van der Waals surface area contributed by atoms with Crippen molar-refractivity contribution in [3.63, 3.8) is 0 Å². The second kappa shape index (κ2) is 8.25. The van der Waals surface area contributed by atoms with E-state index in [-0.39, 0.29) is 29.8 Å². The molecule has 0 fully saturated rings. The number of benzene rings is 1. The first kappa shape index (κ1) is 19.7. The first-order chi connectivity index (χ1) is 9.20. The zero-order valence-electron chi connectivity index (χ0n) is 13.5. The molecule has 0 aliphatic heterocycles. The van der Waals surface area contributed by atoms with E-state index in [0.29, 0.717) is 6.61 Å². The Morgan fingerprint density at radius 2 is 1.76 bits per heavy atom. The van der Waals surface area contributed by atoms with E-state index < -0.39 is 6.04 Å². The van der Waals surface area contributed by atoms with Crippen LogP contribution in [-0.4, -0.2) is 24.6 Å². The monoisotopic (exact) mass is 314 g/mol.